The Kier molecular flexibility index (Phi) is 5.04. The average Bonchev–Trinajstić information content (AvgIpc) is 3.37. The van der Waals surface area contributed by atoms with Crippen molar-refractivity contribution >= 4 is 31.2 Å². The second-order valence-corrected chi connectivity index (χ2v) is 7.61. The van der Waals surface area contributed by atoms with Crippen molar-refractivity contribution < 1.29 is 4.74 Å². The Hall–Kier alpha value is -2.18. The van der Waals surface area contributed by atoms with Gasteiger partial charge < -0.3 is 15.0 Å². The van der Waals surface area contributed by atoms with E-state index in [4.69, 9.17) is 4.74 Å². The molecular formula is C17H24N7OP. The van der Waals surface area contributed by atoms with E-state index in [1.807, 2.05) is 30.1 Å². The molecule has 3 aromatic heterocycles. The van der Waals surface area contributed by atoms with E-state index in [1.165, 1.54) is 19.0 Å². The number of H-pyrrole nitrogens is 1. The lowest BCUT2D eigenvalue weighted by Gasteiger charge is -2.14. The zero-order valence-corrected chi connectivity index (χ0v) is 16.1. The predicted octanol–water partition coefficient (Wildman–Crippen LogP) is 2.56. The van der Waals surface area contributed by atoms with E-state index < -0.39 is 0 Å². The molecule has 26 heavy (non-hydrogen) atoms. The first-order valence-electron chi connectivity index (χ1n) is 8.95. The van der Waals surface area contributed by atoms with Crippen LogP contribution in [0.2, 0.25) is 0 Å². The number of nitrogens with zero attached hydrogens (tertiary/aromatic N) is 5. The van der Waals surface area contributed by atoms with Crippen molar-refractivity contribution in [3.05, 3.63) is 24.2 Å². The molecule has 9 heteroatoms. The fraction of sp³-hybridized carbons (Fsp3) is 0.471. The van der Waals surface area contributed by atoms with Crippen molar-refractivity contribution in [3.63, 3.8) is 0 Å². The van der Waals surface area contributed by atoms with Gasteiger partial charge in [0.1, 0.15) is 5.65 Å². The van der Waals surface area contributed by atoms with E-state index in [0.717, 1.165) is 44.1 Å². The molecule has 0 aromatic carbocycles. The first kappa shape index (κ1) is 17.2. The number of aromatic nitrogens is 5. The molecule has 1 atom stereocenters. The number of aromatic amines is 1. The molecule has 0 radical (unpaired) electrons. The van der Waals surface area contributed by atoms with Gasteiger partial charge in [-0.05, 0) is 26.1 Å². The zero-order chi connectivity index (χ0) is 17.9. The third-order valence-corrected chi connectivity index (χ3v) is 5.83. The van der Waals surface area contributed by atoms with E-state index >= 15 is 0 Å². The summed E-state index contributed by atoms with van der Waals surface area (Å²) in [6.45, 7) is 7.74. The molecule has 1 aliphatic heterocycles. The monoisotopic (exact) mass is 373 g/mol. The fourth-order valence-corrected chi connectivity index (χ4v) is 4.38. The smallest absolute Gasteiger partial charge is 0.232 e. The Morgan fingerprint density at radius 2 is 2.27 bits per heavy atom. The van der Waals surface area contributed by atoms with Crippen LogP contribution in [0.1, 0.15) is 12.6 Å². The van der Waals surface area contributed by atoms with E-state index in [-0.39, 0.29) is 0 Å². The van der Waals surface area contributed by atoms with E-state index in [0.29, 0.717) is 18.4 Å². The third-order valence-electron chi connectivity index (χ3n) is 4.58. The molecule has 3 aromatic rings. The van der Waals surface area contributed by atoms with E-state index in [1.54, 1.807) is 0 Å². The van der Waals surface area contributed by atoms with Crippen molar-refractivity contribution in [2.24, 2.45) is 0 Å². The molecule has 1 fully saturated rings. The van der Waals surface area contributed by atoms with Crippen LogP contribution in [-0.4, -0.2) is 61.8 Å². The van der Waals surface area contributed by atoms with Crippen molar-refractivity contribution in [1.82, 2.24) is 29.6 Å². The summed E-state index contributed by atoms with van der Waals surface area (Å²) in [7, 11) is 1.09. The molecule has 1 unspecified atom stereocenters. The van der Waals surface area contributed by atoms with E-state index in [9.17, 15) is 0 Å². The normalized spacial score (nSPS) is 15.9. The summed E-state index contributed by atoms with van der Waals surface area (Å²) in [6.07, 6.45) is 6.25. The highest BCUT2D eigenvalue weighted by Crippen LogP contribution is 2.26. The van der Waals surface area contributed by atoms with Gasteiger partial charge >= 0.3 is 0 Å². The van der Waals surface area contributed by atoms with Crippen LogP contribution >= 0.6 is 8.58 Å². The molecule has 4 rings (SSSR count). The Bertz CT molecular complexity index is 884. The second kappa shape index (κ2) is 7.60. The number of fused-ring (bicyclic) bond motifs is 1. The number of hydrogen-bond acceptors (Lipinski definition) is 6. The summed E-state index contributed by atoms with van der Waals surface area (Å²) in [5.41, 5.74) is 2.76. The lowest BCUT2D eigenvalue weighted by atomic mass is 10.4. The van der Waals surface area contributed by atoms with Gasteiger partial charge in [0.2, 0.25) is 11.8 Å². The highest BCUT2D eigenvalue weighted by molar-refractivity contribution is 7.38. The minimum atomic E-state index is 0.506. The minimum Gasteiger partial charge on any atom is -0.477 e. The van der Waals surface area contributed by atoms with Gasteiger partial charge in [-0.15, -0.1) is 8.58 Å². The highest BCUT2D eigenvalue weighted by Gasteiger charge is 2.14. The molecule has 2 N–H and O–H groups in total. The van der Waals surface area contributed by atoms with Gasteiger partial charge in [-0.25, -0.2) is 0 Å². The Balaban J connectivity index is 1.51. The van der Waals surface area contributed by atoms with Gasteiger partial charge in [0.15, 0.2) is 0 Å². The molecule has 0 spiro atoms. The maximum absolute atomic E-state index is 5.65. The highest BCUT2D eigenvalue weighted by atomic mass is 31.1. The average molecular weight is 373 g/mol. The molecule has 4 heterocycles. The van der Waals surface area contributed by atoms with Crippen molar-refractivity contribution in [2.45, 2.75) is 20.4 Å². The molecule has 0 aliphatic carbocycles. The summed E-state index contributed by atoms with van der Waals surface area (Å²) in [5.74, 6) is 1.09. The van der Waals surface area contributed by atoms with Gasteiger partial charge in [0, 0.05) is 25.6 Å². The number of hydrogen-bond donors (Lipinski definition) is 2. The minimum absolute atomic E-state index is 0.506. The van der Waals surface area contributed by atoms with Crippen LogP contribution in [0.15, 0.2) is 18.5 Å². The van der Waals surface area contributed by atoms with E-state index in [2.05, 4.69) is 37.2 Å². The maximum Gasteiger partial charge on any atom is 0.232 e. The quantitative estimate of drug-likeness (QED) is 0.620. The lowest BCUT2D eigenvalue weighted by molar-refractivity contribution is 0.328. The SMILES string of the molecule is CCOc1nc(Nc2cnn(CCN3CCPC3)c2C)nc2[nH]ccc12. The number of rotatable bonds is 7. The topological polar surface area (TPSA) is 83.9 Å². The van der Waals surface area contributed by atoms with Crippen LogP contribution in [0.3, 0.4) is 0 Å². The zero-order valence-electron chi connectivity index (χ0n) is 15.1. The molecule has 0 saturated carbocycles. The molecule has 138 valence electrons. The van der Waals surface area contributed by atoms with Gasteiger partial charge in [0.25, 0.3) is 0 Å². The molecule has 0 amide bonds. The van der Waals surface area contributed by atoms with Crippen LogP contribution in [0.4, 0.5) is 11.6 Å². The summed E-state index contributed by atoms with van der Waals surface area (Å²) in [4.78, 5) is 14.7. The third kappa shape index (κ3) is 3.52. The summed E-state index contributed by atoms with van der Waals surface area (Å²) in [6, 6.07) is 1.92. The van der Waals surface area contributed by atoms with Crippen LogP contribution in [0.5, 0.6) is 5.88 Å². The van der Waals surface area contributed by atoms with Crippen molar-refractivity contribution in [2.75, 3.05) is 37.5 Å². The van der Waals surface area contributed by atoms with Crippen molar-refractivity contribution in [1.29, 1.82) is 0 Å². The number of nitrogens with one attached hydrogen (secondary N) is 2. The molecule has 1 aliphatic rings. The summed E-state index contributed by atoms with van der Waals surface area (Å²) >= 11 is 0. The van der Waals surface area contributed by atoms with Gasteiger partial charge in [0.05, 0.1) is 36.1 Å². The Morgan fingerprint density at radius 1 is 1.35 bits per heavy atom. The summed E-state index contributed by atoms with van der Waals surface area (Å²) in [5, 5.41) is 8.69. The second-order valence-electron chi connectivity index (χ2n) is 6.29. The summed E-state index contributed by atoms with van der Waals surface area (Å²) < 4.78 is 7.69. The maximum atomic E-state index is 5.65. The fourth-order valence-electron chi connectivity index (χ4n) is 3.11. The van der Waals surface area contributed by atoms with Crippen LogP contribution in [-0.2, 0) is 6.54 Å². The predicted molar refractivity (Wildman–Crippen MR) is 105 cm³/mol. The number of ether oxygens (including phenoxy) is 1. The van der Waals surface area contributed by atoms with Gasteiger partial charge in [-0.1, -0.05) is 0 Å². The van der Waals surface area contributed by atoms with Crippen LogP contribution in [0.25, 0.3) is 11.0 Å². The largest absolute Gasteiger partial charge is 0.477 e. The molecule has 1 saturated heterocycles. The number of anilines is 2. The van der Waals surface area contributed by atoms with Gasteiger partial charge in [-0.3, -0.25) is 9.58 Å². The first-order valence-corrected chi connectivity index (χ1v) is 10.4. The van der Waals surface area contributed by atoms with Crippen LogP contribution < -0.4 is 10.1 Å². The molecule has 0 bridgehead atoms. The lowest BCUT2D eigenvalue weighted by Crippen LogP contribution is -2.25. The first-order chi connectivity index (χ1) is 12.7. The molecular weight excluding hydrogens is 349 g/mol. The molecule has 8 nitrogen and oxygen atoms in total. The Labute approximate surface area is 154 Å². The van der Waals surface area contributed by atoms with Crippen LogP contribution in [0, 0.1) is 6.92 Å². The Morgan fingerprint density at radius 3 is 3.08 bits per heavy atom. The standard InChI is InChI=1S/C17H24N7OP/c1-3-25-16-13-4-5-18-15(13)21-17(22-16)20-14-10-19-24(12(14)2)7-6-23-8-9-26-11-23/h4-5,10,26H,3,6-9,11H2,1-2H3,(H2,18,20,21,22). The van der Waals surface area contributed by atoms with Gasteiger partial charge in [-0.2, -0.15) is 15.1 Å². The van der Waals surface area contributed by atoms with Crippen molar-refractivity contribution in [3.8, 4) is 5.88 Å².